The second kappa shape index (κ2) is 34.7. The molecule has 0 atom stereocenters. The topological polar surface area (TPSA) is 148 Å². The lowest BCUT2D eigenvalue weighted by molar-refractivity contribution is 0.204. The Balaban J connectivity index is 2.51. The van der Waals surface area contributed by atoms with E-state index in [1.165, 1.54) is 0 Å². The van der Waals surface area contributed by atoms with E-state index in [0.29, 0.717) is 0 Å². The fraction of sp³-hybridized carbons (Fsp3) is 0.609. The van der Waals surface area contributed by atoms with E-state index in [0.717, 1.165) is 31.1 Å². The molecule has 82 heavy (non-hydrogen) atoms. The largest absolute Gasteiger partial charge is 0.508 e. The molecule has 16 nitrogen and oxygen atoms in total. The molecule has 0 saturated carbocycles. The first kappa shape index (κ1) is 77.6. The monoisotopic (exact) mass is 1480 g/mol. The maximum absolute atomic E-state index is 7.89. The molecule has 0 saturated heterocycles. The third kappa shape index (κ3) is 23.6. The third-order valence-corrected chi connectivity index (χ3v) is 65.1. The van der Waals surface area contributed by atoms with Gasteiger partial charge in [-0.2, -0.15) is 0 Å². The van der Waals surface area contributed by atoms with Crippen LogP contribution >= 0.6 is 0 Å². The van der Waals surface area contributed by atoms with Crippen LogP contribution in [-0.2, 0) is 65.8 Å². The molecule has 0 fully saturated rings. The van der Waals surface area contributed by atoms with Crippen LogP contribution in [-0.4, -0.2) is 179 Å². The minimum absolute atomic E-state index is 0.822. The Morgan fingerprint density at radius 2 is 0.244 bits per heavy atom. The Labute approximate surface area is 528 Å². The zero-order chi connectivity index (χ0) is 62.3. The van der Waals surface area contributed by atoms with Crippen molar-refractivity contribution in [1.29, 1.82) is 0 Å². The summed E-state index contributed by atoms with van der Waals surface area (Å²) in [7, 11) is -46.8. The molecule has 0 radical (unpaired) electrons. The standard InChI is InChI=1S/C46H110O16Si20/c1-63(2)47-77(48-64(3)4,49-65(5)6)41-29-33-43(34-30-41)79(53-69(13)14,54-70(15)16)61-81(57-73(21)22,58-74(23)24)45-37-39-46(40-38-45)82(59-75(25)26,60-76(27)28)62-80(55-71(17)18,56-72(19)20)44-35-31-42(32-36-44)78(50-66(7)8,51-67(9)10)52-68(11)12/h29-40,63-76H,1-28H3. The summed E-state index contributed by atoms with van der Waals surface area (Å²) < 4.78 is 116. The average Bonchev–Trinajstić information content (AvgIpc) is 3.48. The number of benzene rings is 3. The first-order valence-corrected chi connectivity index (χ1v) is 79.4. The highest BCUT2D eigenvalue weighted by Crippen LogP contribution is 2.28. The Bertz CT molecular complexity index is 2060. The van der Waals surface area contributed by atoms with Crippen LogP contribution in [0.15, 0.2) is 72.8 Å². The predicted molar refractivity (Wildman–Crippen MR) is 393 cm³/mol. The van der Waals surface area contributed by atoms with E-state index in [2.05, 4.69) is 256 Å². The van der Waals surface area contributed by atoms with Gasteiger partial charge in [-0.15, -0.1) is 0 Å². The van der Waals surface area contributed by atoms with E-state index in [4.69, 9.17) is 65.8 Å². The van der Waals surface area contributed by atoms with Gasteiger partial charge in [-0.25, -0.2) is 0 Å². The van der Waals surface area contributed by atoms with E-state index in [9.17, 15) is 0 Å². The van der Waals surface area contributed by atoms with E-state index in [1.807, 2.05) is 0 Å². The Morgan fingerprint density at radius 3 is 0.341 bits per heavy atom. The SMILES string of the molecule is C[SiH](C)O[Si](O[SiH](C)C)(O[SiH](C)C)c1ccc([Si](O[SiH](C)C)(O[SiH](C)C)O[Si](O[SiH](C)C)(O[SiH](C)C)c2ccc([Si](O[SiH](C)C)(O[SiH](C)C)O[Si](O[SiH](C)C)(O[SiH](C)C)c3ccc([Si](O[SiH](C)C)(O[SiH](C)C)O[SiH](C)C)cc3)cc2)cc1. The van der Waals surface area contributed by atoms with Crippen LogP contribution in [0.1, 0.15) is 0 Å². The lowest BCUT2D eigenvalue weighted by atomic mass is 10.4. The molecule has 3 aromatic carbocycles. The molecule has 0 aliphatic heterocycles. The average molecular weight is 1480 g/mol. The summed E-state index contributed by atoms with van der Waals surface area (Å²) in [6.07, 6.45) is 0. The molecular weight excluding hydrogens is 1370 g/mol. The van der Waals surface area contributed by atoms with Gasteiger partial charge >= 0.3 is 52.8 Å². The maximum atomic E-state index is 7.89. The Morgan fingerprint density at radius 1 is 0.159 bits per heavy atom. The Kier molecular flexibility index (Phi) is 32.8. The summed E-state index contributed by atoms with van der Waals surface area (Å²) in [5.74, 6) is 0. The molecule has 0 bridgehead atoms. The molecule has 470 valence electrons. The van der Waals surface area contributed by atoms with Gasteiger partial charge in [0.05, 0.1) is 0 Å². The summed E-state index contributed by atoms with van der Waals surface area (Å²) in [6.45, 7) is 61.1. The van der Waals surface area contributed by atoms with Gasteiger partial charge in [-0.05, 0) is 183 Å². The van der Waals surface area contributed by atoms with Crippen molar-refractivity contribution in [3.63, 3.8) is 0 Å². The van der Waals surface area contributed by atoms with Crippen LogP contribution in [0.3, 0.4) is 0 Å². The smallest absolute Gasteiger partial charge is 0.416 e. The summed E-state index contributed by atoms with van der Waals surface area (Å²) in [4.78, 5) is 0. The van der Waals surface area contributed by atoms with Crippen molar-refractivity contribution in [1.82, 2.24) is 0 Å². The number of hydrogen-bond donors (Lipinski definition) is 0. The van der Waals surface area contributed by atoms with Crippen LogP contribution < -0.4 is 31.1 Å². The molecule has 0 heterocycles. The van der Waals surface area contributed by atoms with Gasteiger partial charge in [0.25, 0.3) is 0 Å². The van der Waals surface area contributed by atoms with Crippen molar-refractivity contribution >= 4 is 211 Å². The van der Waals surface area contributed by atoms with Gasteiger partial charge in [0.1, 0.15) is 0 Å². The van der Waals surface area contributed by atoms with E-state index < -0.39 is 179 Å². The molecular formula is C46H110O16Si20. The van der Waals surface area contributed by atoms with Gasteiger partial charge in [-0.1, -0.05) is 72.8 Å². The van der Waals surface area contributed by atoms with Crippen molar-refractivity contribution in [2.45, 2.75) is 183 Å². The summed E-state index contributed by atoms with van der Waals surface area (Å²) in [5.41, 5.74) is 0. The number of hydrogen-bond acceptors (Lipinski definition) is 16. The third-order valence-electron chi connectivity index (χ3n) is 10.8. The van der Waals surface area contributed by atoms with Crippen molar-refractivity contribution in [2.75, 3.05) is 0 Å². The molecule has 0 amide bonds. The normalized spacial score (nSPS) is 14.0. The van der Waals surface area contributed by atoms with Crippen molar-refractivity contribution < 1.29 is 65.8 Å². The van der Waals surface area contributed by atoms with Crippen LogP contribution in [0.2, 0.25) is 183 Å². The van der Waals surface area contributed by atoms with Gasteiger partial charge in [0, 0.05) is 31.1 Å². The highest BCUT2D eigenvalue weighted by molar-refractivity contribution is 6.98. The van der Waals surface area contributed by atoms with Crippen LogP contribution in [0, 0.1) is 0 Å². The van der Waals surface area contributed by atoms with E-state index >= 15 is 0 Å². The van der Waals surface area contributed by atoms with Crippen molar-refractivity contribution in [3.05, 3.63) is 72.8 Å². The Hall–Kier alpha value is 1.36. The summed E-state index contributed by atoms with van der Waals surface area (Å²) in [6, 6.07) is 25.4. The molecule has 3 rings (SSSR count). The maximum Gasteiger partial charge on any atom is 0.508 e. The molecule has 0 aromatic heterocycles. The zero-order valence-electron chi connectivity index (χ0n) is 55.5. The lowest BCUT2D eigenvalue weighted by Crippen LogP contribution is -2.73. The van der Waals surface area contributed by atoms with Gasteiger partial charge < -0.3 is 65.8 Å². The lowest BCUT2D eigenvalue weighted by Gasteiger charge is -2.43. The first-order valence-electron chi connectivity index (χ1n) is 30.1. The quantitative estimate of drug-likeness (QED) is 0.0762. The molecule has 3 aromatic rings. The molecule has 0 N–H and O–H groups in total. The van der Waals surface area contributed by atoms with Crippen molar-refractivity contribution in [3.8, 4) is 0 Å². The highest BCUT2D eigenvalue weighted by Gasteiger charge is 2.61. The van der Waals surface area contributed by atoms with Gasteiger partial charge in [-0.3, -0.25) is 0 Å². The summed E-state index contributed by atoms with van der Waals surface area (Å²) in [5, 5.41) is 5.27. The fourth-order valence-corrected chi connectivity index (χ4v) is 71.8. The van der Waals surface area contributed by atoms with Gasteiger partial charge in [0.2, 0.25) is 0 Å². The minimum atomic E-state index is -3.92. The van der Waals surface area contributed by atoms with Crippen LogP contribution in [0.25, 0.3) is 0 Å². The molecule has 0 aliphatic rings. The van der Waals surface area contributed by atoms with E-state index in [-0.39, 0.29) is 0 Å². The number of rotatable bonds is 38. The van der Waals surface area contributed by atoms with Crippen LogP contribution in [0.4, 0.5) is 0 Å². The highest BCUT2D eigenvalue weighted by atomic mass is 28.5. The molecule has 0 aliphatic carbocycles. The second-order valence-electron chi connectivity index (χ2n) is 24.6. The fourth-order valence-electron chi connectivity index (χ4n) is 8.99. The van der Waals surface area contributed by atoms with Crippen LogP contribution in [0.5, 0.6) is 0 Å². The van der Waals surface area contributed by atoms with Gasteiger partial charge in [0.15, 0.2) is 127 Å². The van der Waals surface area contributed by atoms with E-state index in [1.54, 1.807) is 0 Å². The summed E-state index contributed by atoms with van der Waals surface area (Å²) >= 11 is 0. The van der Waals surface area contributed by atoms with Crippen molar-refractivity contribution in [2.24, 2.45) is 0 Å². The minimum Gasteiger partial charge on any atom is -0.416 e. The second-order valence-corrected chi connectivity index (χ2v) is 78.9. The first-order chi connectivity index (χ1) is 37.9. The molecule has 36 heteroatoms. The molecule has 0 unspecified atom stereocenters. The molecule has 0 spiro atoms. The predicted octanol–water partition coefficient (Wildman–Crippen LogP) is 4.00. The zero-order valence-corrected chi connectivity index (χ0v) is 77.7.